The van der Waals surface area contributed by atoms with E-state index in [-0.39, 0.29) is 28.5 Å². The van der Waals surface area contributed by atoms with Gasteiger partial charge in [0.25, 0.3) is 0 Å². The molecule has 0 atom stereocenters. The van der Waals surface area contributed by atoms with Crippen LogP contribution >= 0.6 is 0 Å². The molecule has 0 aliphatic heterocycles. The topological polar surface area (TPSA) is 99.6 Å². The van der Waals surface area contributed by atoms with Crippen molar-refractivity contribution in [1.82, 2.24) is 0 Å². The van der Waals surface area contributed by atoms with E-state index in [4.69, 9.17) is 14.9 Å². The van der Waals surface area contributed by atoms with Crippen LogP contribution in [-0.2, 0) is 21.2 Å². The van der Waals surface area contributed by atoms with Crippen LogP contribution in [0.2, 0.25) is 0 Å². The number of hydrogen-bond acceptors (Lipinski definition) is 6. The van der Waals surface area contributed by atoms with Crippen LogP contribution in [-0.4, -0.2) is 27.6 Å². The average Bonchev–Trinajstić information content (AvgIpc) is 2.85. The summed E-state index contributed by atoms with van der Waals surface area (Å²) in [6, 6.07) is 7.15. The van der Waals surface area contributed by atoms with E-state index in [0.29, 0.717) is 5.76 Å². The highest BCUT2D eigenvalue weighted by Crippen LogP contribution is 2.20. The van der Waals surface area contributed by atoms with Gasteiger partial charge in [-0.15, -0.1) is 0 Å². The van der Waals surface area contributed by atoms with Crippen LogP contribution < -0.4 is 5.73 Å². The number of methoxy groups -OCH3 is 1. The Morgan fingerprint density at radius 2 is 2.00 bits per heavy atom. The minimum Gasteiger partial charge on any atom is -0.455 e. The molecular weight excluding hydrogens is 294 g/mol. The van der Waals surface area contributed by atoms with E-state index in [2.05, 4.69) is 0 Å². The van der Waals surface area contributed by atoms with Gasteiger partial charge in [0.1, 0.15) is 12.4 Å². The van der Waals surface area contributed by atoms with Gasteiger partial charge in [0.05, 0.1) is 4.90 Å². The zero-order valence-corrected chi connectivity index (χ0v) is 12.4. The first-order chi connectivity index (χ1) is 9.81. The second-order valence-electron chi connectivity index (χ2n) is 4.59. The SMILES string of the molecule is COCc1ccc(C(=O)c2cc(N)cc(S(C)(=O)=O)c2)o1. The van der Waals surface area contributed by atoms with E-state index < -0.39 is 15.6 Å². The third-order valence-electron chi connectivity index (χ3n) is 2.79. The average molecular weight is 309 g/mol. The van der Waals surface area contributed by atoms with Crippen molar-refractivity contribution in [2.75, 3.05) is 19.1 Å². The maximum Gasteiger partial charge on any atom is 0.228 e. The fourth-order valence-corrected chi connectivity index (χ4v) is 2.52. The molecule has 0 saturated heterocycles. The van der Waals surface area contributed by atoms with Crippen LogP contribution in [0, 0.1) is 0 Å². The van der Waals surface area contributed by atoms with Gasteiger partial charge in [-0.25, -0.2) is 8.42 Å². The minimum absolute atomic E-state index is 0.00507. The zero-order valence-electron chi connectivity index (χ0n) is 11.6. The molecule has 1 aromatic heterocycles. The number of rotatable bonds is 5. The Morgan fingerprint density at radius 1 is 1.29 bits per heavy atom. The number of sulfone groups is 1. The highest BCUT2D eigenvalue weighted by molar-refractivity contribution is 7.90. The number of carbonyl (C=O) groups excluding carboxylic acids is 1. The molecule has 0 spiro atoms. The molecular formula is C14H15NO5S. The summed E-state index contributed by atoms with van der Waals surface area (Å²) in [5.41, 5.74) is 6.02. The molecule has 0 fully saturated rings. The van der Waals surface area contributed by atoms with E-state index in [1.165, 1.54) is 31.4 Å². The second kappa shape index (κ2) is 5.71. The number of furan rings is 1. The molecule has 2 N–H and O–H groups in total. The van der Waals surface area contributed by atoms with Crippen LogP contribution in [0.25, 0.3) is 0 Å². The number of nitrogens with two attached hydrogens (primary N) is 1. The molecule has 0 radical (unpaired) electrons. The van der Waals surface area contributed by atoms with Gasteiger partial charge in [0, 0.05) is 24.6 Å². The minimum atomic E-state index is -3.45. The first kappa shape index (κ1) is 15.3. The monoisotopic (exact) mass is 309 g/mol. The molecule has 2 aromatic rings. The van der Waals surface area contributed by atoms with Crippen LogP contribution in [0.1, 0.15) is 21.9 Å². The molecule has 0 bridgehead atoms. The summed E-state index contributed by atoms with van der Waals surface area (Å²) in [4.78, 5) is 12.3. The Morgan fingerprint density at radius 3 is 2.62 bits per heavy atom. The lowest BCUT2D eigenvalue weighted by Gasteiger charge is -2.04. The van der Waals surface area contributed by atoms with Crippen LogP contribution in [0.15, 0.2) is 39.6 Å². The van der Waals surface area contributed by atoms with Gasteiger partial charge < -0.3 is 14.9 Å². The quantitative estimate of drug-likeness (QED) is 0.666. The van der Waals surface area contributed by atoms with E-state index in [1.807, 2.05) is 0 Å². The van der Waals surface area contributed by atoms with Crippen molar-refractivity contribution in [2.45, 2.75) is 11.5 Å². The Hall–Kier alpha value is -2.12. The molecule has 1 aromatic carbocycles. The van der Waals surface area contributed by atoms with Gasteiger partial charge in [-0.2, -0.15) is 0 Å². The third-order valence-corrected chi connectivity index (χ3v) is 3.88. The summed E-state index contributed by atoms with van der Waals surface area (Å²) in [7, 11) is -1.94. The smallest absolute Gasteiger partial charge is 0.228 e. The number of nitrogen functional groups attached to an aromatic ring is 1. The van der Waals surface area contributed by atoms with Crippen molar-refractivity contribution in [2.24, 2.45) is 0 Å². The van der Waals surface area contributed by atoms with Gasteiger partial charge in [-0.3, -0.25) is 4.79 Å². The molecule has 6 nitrogen and oxygen atoms in total. The van der Waals surface area contributed by atoms with E-state index in [9.17, 15) is 13.2 Å². The highest BCUT2D eigenvalue weighted by atomic mass is 32.2. The number of hydrogen-bond donors (Lipinski definition) is 1. The normalized spacial score (nSPS) is 11.5. The van der Waals surface area contributed by atoms with Crippen molar-refractivity contribution in [3.8, 4) is 0 Å². The van der Waals surface area contributed by atoms with Crippen LogP contribution in [0.5, 0.6) is 0 Å². The standard InChI is InChI=1S/C14H15NO5S/c1-19-8-11-3-4-13(20-11)14(16)9-5-10(15)7-12(6-9)21(2,17)18/h3-7H,8,15H2,1-2H3. The van der Waals surface area contributed by atoms with Gasteiger partial charge in [0.2, 0.25) is 5.78 Å². The predicted molar refractivity (Wildman–Crippen MR) is 76.8 cm³/mol. The number of benzene rings is 1. The molecule has 21 heavy (non-hydrogen) atoms. The lowest BCUT2D eigenvalue weighted by Crippen LogP contribution is -2.05. The Kier molecular flexibility index (Phi) is 4.15. The van der Waals surface area contributed by atoms with Crippen molar-refractivity contribution >= 4 is 21.3 Å². The maximum atomic E-state index is 12.3. The van der Waals surface area contributed by atoms with E-state index in [1.54, 1.807) is 6.07 Å². The lowest BCUT2D eigenvalue weighted by atomic mass is 10.1. The Labute approximate surface area is 122 Å². The lowest BCUT2D eigenvalue weighted by molar-refractivity contribution is 0.0999. The van der Waals surface area contributed by atoms with Crippen LogP contribution in [0.4, 0.5) is 5.69 Å². The molecule has 0 unspecified atom stereocenters. The number of carbonyl (C=O) groups is 1. The molecule has 112 valence electrons. The number of anilines is 1. The first-order valence-corrected chi connectivity index (χ1v) is 7.93. The Bertz CT molecular complexity index is 776. The Balaban J connectivity index is 2.41. The van der Waals surface area contributed by atoms with Crippen molar-refractivity contribution in [1.29, 1.82) is 0 Å². The maximum absolute atomic E-state index is 12.3. The first-order valence-electron chi connectivity index (χ1n) is 6.04. The summed E-state index contributed by atoms with van der Waals surface area (Å²) in [5, 5.41) is 0. The molecule has 0 aliphatic carbocycles. The van der Waals surface area contributed by atoms with E-state index in [0.717, 1.165) is 6.26 Å². The molecule has 0 aliphatic rings. The molecule has 0 saturated carbocycles. The van der Waals surface area contributed by atoms with Gasteiger partial charge >= 0.3 is 0 Å². The highest BCUT2D eigenvalue weighted by Gasteiger charge is 2.17. The van der Waals surface area contributed by atoms with Crippen LogP contribution in [0.3, 0.4) is 0 Å². The summed E-state index contributed by atoms with van der Waals surface area (Å²) < 4.78 is 33.4. The number of ether oxygens (including phenoxy) is 1. The molecule has 2 rings (SSSR count). The van der Waals surface area contributed by atoms with Crippen molar-refractivity contribution in [3.63, 3.8) is 0 Å². The second-order valence-corrected chi connectivity index (χ2v) is 6.61. The molecule has 7 heteroatoms. The molecule has 1 heterocycles. The zero-order chi connectivity index (χ0) is 15.6. The van der Waals surface area contributed by atoms with Crippen molar-refractivity contribution < 1.29 is 22.4 Å². The van der Waals surface area contributed by atoms with Gasteiger partial charge in [-0.05, 0) is 30.3 Å². The summed E-state index contributed by atoms with van der Waals surface area (Å²) in [5.74, 6) is 0.176. The number of ketones is 1. The van der Waals surface area contributed by atoms with Crippen molar-refractivity contribution in [3.05, 3.63) is 47.4 Å². The largest absolute Gasteiger partial charge is 0.455 e. The summed E-state index contributed by atoms with van der Waals surface area (Å²) in [6.07, 6.45) is 1.06. The molecule has 0 amide bonds. The summed E-state index contributed by atoms with van der Waals surface area (Å²) in [6.45, 7) is 0.249. The predicted octanol–water partition coefficient (Wildman–Crippen LogP) is 1.64. The summed E-state index contributed by atoms with van der Waals surface area (Å²) >= 11 is 0. The van der Waals surface area contributed by atoms with E-state index >= 15 is 0 Å². The van der Waals surface area contributed by atoms with Gasteiger partial charge in [0.15, 0.2) is 15.6 Å². The fraction of sp³-hybridized carbons (Fsp3) is 0.214. The third kappa shape index (κ3) is 3.50. The fourth-order valence-electron chi connectivity index (χ4n) is 1.83. The van der Waals surface area contributed by atoms with Gasteiger partial charge in [-0.1, -0.05) is 0 Å².